The molecule has 0 saturated carbocycles. The molecule has 0 aliphatic heterocycles. The molecule has 2 aromatic rings. The minimum atomic E-state index is -0.715. The van der Waals surface area contributed by atoms with Gasteiger partial charge in [-0.15, -0.1) is 0 Å². The van der Waals surface area contributed by atoms with Crippen LogP contribution in [-0.2, 0) is 11.3 Å². The topological polar surface area (TPSA) is 101 Å². The van der Waals surface area contributed by atoms with E-state index in [1.165, 1.54) is 24.3 Å². The Bertz CT molecular complexity index is 799. The maximum absolute atomic E-state index is 12.5. The summed E-state index contributed by atoms with van der Waals surface area (Å²) in [6.07, 6.45) is 2.38. The maximum atomic E-state index is 12.5. The third-order valence-electron chi connectivity index (χ3n) is 3.86. The molecule has 8 heteroatoms. The number of nitro benzene ring substituents is 1. The first-order chi connectivity index (χ1) is 13.0. The minimum Gasteiger partial charge on any atom is -0.350 e. The van der Waals surface area contributed by atoms with Crippen LogP contribution in [0.3, 0.4) is 0 Å². The average molecular weight is 387 g/mol. The fraction of sp³-hybridized carbons (Fsp3) is 0.263. The summed E-state index contributed by atoms with van der Waals surface area (Å²) in [7, 11) is 0. The van der Waals surface area contributed by atoms with E-state index in [1.54, 1.807) is 11.8 Å². The molecule has 0 heterocycles. The average Bonchev–Trinajstić information content (AvgIpc) is 2.70. The van der Waals surface area contributed by atoms with Crippen molar-refractivity contribution in [2.45, 2.75) is 19.0 Å². The normalized spacial score (nSPS) is 11.4. The van der Waals surface area contributed by atoms with E-state index in [0.29, 0.717) is 18.7 Å². The zero-order valence-electron chi connectivity index (χ0n) is 14.9. The highest BCUT2D eigenvalue weighted by Crippen LogP contribution is 2.13. The molecular formula is C19H21N3O4S. The fourth-order valence-corrected chi connectivity index (χ4v) is 2.89. The summed E-state index contributed by atoms with van der Waals surface area (Å²) in [5.41, 5.74) is 0.936. The first kappa shape index (κ1) is 20.4. The molecule has 0 bridgehead atoms. The van der Waals surface area contributed by atoms with E-state index in [1.807, 2.05) is 36.6 Å². The van der Waals surface area contributed by atoms with Crippen molar-refractivity contribution < 1.29 is 14.5 Å². The zero-order chi connectivity index (χ0) is 19.6. The van der Waals surface area contributed by atoms with Crippen molar-refractivity contribution in [3.8, 4) is 0 Å². The smallest absolute Gasteiger partial charge is 0.270 e. The Morgan fingerprint density at radius 1 is 1.15 bits per heavy atom. The predicted octanol–water partition coefficient (Wildman–Crippen LogP) is 2.76. The number of rotatable bonds is 9. The van der Waals surface area contributed by atoms with Crippen molar-refractivity contribution in [2.24, 2.45) is 0 Å². The maximum Gasteiger partial charge on any atom is 0.270 e. The van der Waals surface area contributed by atoms with Crippen LogP contribution >= 0.6 is 11.8 Å². The Morgan fingerprint density at radius 3 is 2.56 bits per heavy atom. The van der Waals surface area contributed by atoms with Crippen molar-refractivity contribution in [3.63, 3.8) is 0 Å². The Labute approximate surface area is 161 Å². The van der Waals surface area contributed by atoms with Gasteiger partial charge >= 0.3 is 0 Å². The molecule has 2 amide bonds. The van der Waals surface area contributed by atoms with Gasteiger partial charge in [0.05, 0.1) is 4.92 Å². The van der Waals surface area contributed by atoms with Gasteiger partial charge in [-0.3, -0.25) is 19.7 Å². The van der Waals surface area contributed by atoms with E-state index in [-0.39, 0.29) is 17.2 Å². The van der Waals surface area contributed by atoms with Crippen LogP contribution in [-0.4, -0.2) is 34.8 Å². The lowest BCUT2D eigenvalue weighted by Crippen LogP contribution is -2.46. The van der Waals surface area contributed by atoms with Crippen LogP contribution in [0.4, 0.5) is 5.69 Å². The highest BCUT2D eigenvalue weighted by Gasteiger charge is 2.21. The van der Waals surface area contributed by atoms with Crippen molar-refractivity contribution in [1.29, 1.82) is 0 Å². The van der Waals surface area contributed by atoms with Gasteiger partial charge < -0.3 is 10.6 Å². The number of hydrogen-bond acceptors (Lipinski definition) is 5. The summed E-state index contributed by atoms with van der Waals surface area (Å²) in [5.74, 6) is -0.107. The van der Waals surface area contributed by atoms with E-state index < -0.39 is 16.9 Å². The van der Waals surface area contributed by atoms with Crippen LogP contribution in [0.25, 0.3) is 0 Å². The van der Waals surface area contributed by atoms with Crippen molar-refractivity contribution in [2.75, 3.05) is 12.0 Å². The number of nitrogens with zero attached hydrogens (tertiary/aromatic N) is 1. The quantitative estimate of drug-likeness (QED) is 0.509. The summed E-state index contributed by atoms with van der Waals surface area (Å²) in [6, 6.07) is 14.2. The summed E-state index contributed by atoms with van der Waals surface area (Å²) in [5, 5.41) is 16.4. The number of nitrogens with one attached hydrogen (secondary N) is 2. The van der Waals surface area contributed by atoms with Gasteiger partial charge in [-0.2, -0.15) is 11.8 Å². The zero-order valence-corrected chi connectivity index (χ0v) is 15.7. The number of nitro groups is 1. The van der Waals surface area contributed by atoms with Gasteiger partial charge in [-0.25, -0.2) is 0 Å². The predicted molar refractivity (Wildman–Crippen MR) is 106 cm³/mol. The Balaban J connectivity index is 2.04. The molecule has 0 unspecified atom stereocenters. The molecule has 2 rings (SSSR count). The first-order valence-corrected chi connectivity index (χ1v) is 9.76. The lowest BCUT2D eigenvalue weighted by atomic mass is 10.1. The van der Waals surface area contributed by atoms with Gasteiger partial charge in [0.1, 0.15) is 6.04 Å². The van der Waals surface area contributed by atoms with E-state index in [0.717, 1.165) is 5.56 Å². The van der Waals surface area contributed by atoms with Crippen LogP contribution in [0, 0.1) is 10.1 Å². The molecule has 27 heavy (non-hydrogen) atoms. The van der Waals surface area contributed by atoms with Gasteiger partial charge in [0.25, 0.3) is 11.6 Å². The van der Waals surface area contributed by atoms with E-state index in [9.17, 15) is 19.7 Å². The van der Waals surface area contributed by atoms with Crippen molar-refractivity contribution >= 4 is 29.3 Å². The Kier molecular flexibility index (Phi) is 7.81. The highest BCUT2D eigenvalue weighted by molar-refractivity contribution is 7.98. The summed E-state index contributed by atoms with van der Waals surface area (Å²) < 4.78 is 0. The van der Waals surface area contributed by atoms with E-state index in [4.69, 9.17) is 0 Å². The van der Waals surface area contributed by atoms with Crippen LogP contribution in [0.5, 0.6) is 0 Å². The molecular weight excluding hydrogens is 366 g/mol. The van der Waals surface area contributed by atoms with Crippen molar-refractivity contribution in [1.82, 2.24) is 10.6 Å². The van der Waals surface area contributed by atoms with Gasteiger partial charge in [-0.05, 0) is 30.1 Å². The fourth-order valence-electron chi connectivity index (χ4n) is 2.42. The van der Waals surface area contributed by atoms with Gasteiger partial charge in [0, 0.05) is 24.2 Å². The van der Waals surface area contributed by atoms with Crippen LogP contribution in [0.2, 0.25) is 0 Å². The molecule has 0 saturated heterocycles. The molecule has 0 radical (unpaired) electrons. The SMILES string of the molecule is CSCC[C@@H](NC(=O)c1cccc([N+](=O)[O-])c1)C(=O)NCc1ccccc1. The third-order valence-corrected chi connectivity index (χ3v) is 4.51. The summed E-state index contributed by atoms with van der Waals surface area (Å²) in [4.78, 5) is 35.3. The number of amides is 2. The number of hydrogen-bond donors (Lipinski definition) is 2. The lowest BCUT2D eigenvalue weighted by molar-refractivity contribution is -0.384. The van der Waals surface area contributed by atoms with Crippen molar-refractivity contribution in [3.05, 3.63) is 75.8 Å². The Morgan fingerprint density at radius 2 is 1.89 bits per heavy atom. The molecule has 0 spiro atoms. The van der Waals surface area contributed by atoms with Crippen LogP contribution in [0.15, 0.2) is 54.6 Å². The third kappa shape index (κ3) is 6.41. The number of carbonyl (C=O) groups excluding carboxylic acids is 2. The standard InChI is InChI=1S/C19H21N3O4S/c1-27-11-10-17(19(24)20-13-14-6-3-2-4-7-14)21-18(23)15-8-5-9-16(12-15)22(25)26/h2-9,12,17H,10-11,13H2,1H3,(H,20,24)(H,21,23)/t17-/m1/s1. The monoisotopic (exact) mass is 387 g/mol. The molecule has 7 nitrogen and oxygen atoms in total. The number of benzene rings is 2. The molecule has 142 valence electrons. The van der Waals surface area contributed by atoms with Gasteiger partial charge in [0.15, 0.2) is 0 Å². The highest BCUT2D eigenvalue weighted by atomic mass is 32.2. The second-order valence-electron chi connectivity index (χ2n) is 5.82. The molecule has 0 aromatic heterocycles. The van der Waals surface area contributed by atoms with E-state index in [2.05, 4.69) is 10.6 Å². The Hall–Kier alpha value is -2.87. The minimum absolute atomic E-state index is 0.147. The molecule has 0 fully saturated rings. The molecule has 0 aliphatic carbocycles. The largest absolute Gasteiger partial charge is 0.350 e. The number of carbonyl (C=O) groups is 2. The second-order valence-corrected chi connectivity index (χ2v) is 6.80. The number of thioether (sulfide) groups is 1. The molecule has 2 N–H and O–H groups in total. The first-order valence-electron chi connectivity index (χ1n) is 8.37. The van der Waals surface area contributed by atoms with Gasteiger partial charge in [-0.1, -0.05) is 36.4 Å². The summed E-state index contributed by atoms with van der Waals surface area (Å²) >= 11 is 1.57. The summed E-state index contributed by atoms with van der Waals surface area (Å²) in [6.45, 7) is 0.363. The molecule has 1 atom stereocenters. The second kappa shape index (κ2) is 10.3. The van der Waals surface area contributed by atoms with Gasteiger partial charge in [0.2, 0.25) is 5.91 Å². The number of non-ortho nitro benzene ring substituents is 1. The van der Waals surface area contributed by atoms with Crippen LogP contribution < -0.4 is 10.6 Å². The molecule has 2 aromatic carbocycles. The molecule has 0 aliphatic rings. The van der Waals surface area contributed by atoms with E-state index >= 15 is 0 Å². The lowest BCUT2D eigenvalue weighted by Gasteiger charge is -2.18. The van der Waals surface area contributed by atoms with Crippen LogP contribution in [0.1, 0.15) is 22.3 Å².